The SMILES string of the molecule is CCN(CC)c1ccc(NC(=O)C2CCCN2C(=O)C(C)C)cc1. The minimum absolute atomic E-state index is 0.0598. The lowest BCUT2D eigenvalue weighted by molar-refractivity contribution is -0.139. The van der Waals surface area contributed by atoms with Crippen molar-refractivity contribution in [3.05, 3.63) is 24.3 Å². The van der Waals surface area contributed by atoms with Crippen LogP contribution in [-0.2, 0) is 9.59 Å². The van der Waals surface area contributed by atoms with Crippen molar-refractivity contribution in [1.29, 1.82) is 0 Å². The highest BCUT2D eigenvalue weighted by atomic mass is 16.2. The minimum atomic E-state index is -0.345. The molecule has 1 N–H and O–H groups in total. The molecule has 1 aliphatic heterocycles. The normalized spacial score (nSPS) is 17.2. The quantitative estimate of drug-likeness (QED) is 0.871. The van der Waals surface area contributed by atoms with Gasteiger partial charge in [0.15, 0.2) is 0 Å². The van der Waals surface area contributed by atoms with Gasteiger partial charge in [0.25, 0.3) is 0 Å². The molecule has 1 atom stereocenters. The Labute approximate surface area is 145 Å². The van der Waals surface area contributed by atoms with Gasteiger partial charge in [0.1, 0.15) is 6.04 Å². The zero-order valence-corrected chi connectivity index (χ0v) is 15.2. The molecule has 1 aromatic rings. The van der Waals surface area contributed by atoms with Crippen molar-refractivity contribution in [3.63, 3.8) is 0 Å². The fourth-order valence-corrected chi connectivity index (χ4v) is 3.20. The summed E-state index contributed by atoms with van der Waals surface area (Å²) in [4.78, 5) is 28.8. The first-order valence-electron chi connectivity index (χ1n) is 8.94. The first kappa shape index (κ1) is 18.3. The summed E-state index contributed by atoms with van der Waals surface area (Å²) in [5, 5.41) is 2.96. The van der Waals surface area contributed by atoms with E-state index in [9.17, 15) is 9.59 Å². The van der Waals surface area contributed by atoms with E-state index in [2.05, 4.69) is 24.1 Å². The Morgan fingerprint density at radius 2 is 1.83 bits per heavy atom. The fraction of sp³-hybridized carbons (Fsp3) is 0.579. The van der Waals surface area contributed by atoms with Gasteiger partial charge in [-0.2, -0.15) is 0 Å². The number of hydrogen-bond donors (Lipinski definition) is 1. The number of carbonyl (C=O) groups is 2. The number of amides is 2. The Morgan fingerprint density at radius 1 is 1.21 bits per heavy atom. The summed E-state index contributed by atoms with van der Waals surface area (Å²) >= 11 is 0. The third kappa shape index (κ3) is 4.08. The molecule has 1 heterocycles. The zero-order valence-electron chi connectivity index (χ0n) is 15.2. The van der Waals surface area contributed by atoms with Crippen LogP contribution in [-0.4, -0.2) is 42.4 Å². The van der Waals surface area contributed by atoms with E-state index >= 15 is 0 Å². The summed E-state index contributed by atoms with van der Waals surface area (Å²) < 4.78 is 0. The molecule has 0 spiro atoms. The summed E-state index contributed by atoms with van der Waals surface area (Å²) in [6.45, 7) is 10.6. The maximum absolute atomic E-state index is 12.6. The molecule has 5 heteroatoms. The van der Waals surface area contributed by atoms with Crippen molar-refractivity contribution in [2.75, 3.05) is 29.9 Å². The number of carbonyl (C=O) groups excluding carboxylic acids is 2. The number of hydrogen-bond acceptors (Lipinski definition) is 3. The Kier molecular flexibility index (Phi) is 6.23. The van der Waals surface area contributed by atoms with Crippen molar-refractivity contribution in [3.8, 4) is 0 Å². The van der Waals surface area contributed by atoms with E-state index in [1.807, 2.05) is 38.1 Å². The summed E-state index contributed by atoms with van der Waals surface area (Å²) in [6.07, 6.45) is 1.62. The van der Waals surface area contributed by atoms with E-state index in [0.717, 1.165) is 37.3 Å². The van der Waals surface area contributed by atoms with Gasteiger partial charge in [0, 0.05) is 36.9 Å². The van der Waals surface area contributed by atoms with Gasteiger partial charge in [-0.1, -0.05) is 13.8 Å². The highest BCUT2D eigenvalue weighted by molar-refractivity contribution is 5.97. The summed E-state index contributed by atoms with van der Waals surface area (Å²) in [7, 11) is 0. The molecule has 24 heavy (non-hydrogen) atoms. The number of nitrogens with zero attached hydrogens (tertiary/aromatic N) is 2. The molecule has 0 bridgehead atoms. The predicted octanol–water partition coefficient (Wildman–Crippen LogP) is 3.12. The van der Waals surface area contributed by atoms with Crippen LogP contribution in [0.5, 0.6) is 0 Å². The molecule has 132 valence electrons. The number of rotatable bonds is 6. The summed E-state index contributed by atoms with van der Waals surface area (Å²) in [5.74, 6) is -0.103. The number of nitrogens with one attached hydrogen (secondary N) is 1. The van der Waals surface area contributed by atoms with Crippen LogP contribution in [0.25, 0.3) is 0 Å². The third-order valence-corrected chi connectivity index (χ3v) is 4.60. The summed E-state index contributed by atoms with van der Waals surface area (Å²) in [6, 6.07) is 7.55. The van der Waals surface area contributed by atoms with Crippen molar-refractivity contribution in [1.82, 2.24) is 4.90 Å². The van der Waals surface area contributed by atoms with Gasteiger partial charge in [-0.25, -0.2) is 0 Å². The van der Waals surface area contributed by atoms with Crippen LogP contribution < -0.4 is 10.2 Å². The van der Waals surface area contributed by atoms with Crippen molar-refractivity contribution < 1.29 is 9.59 Å². The second-order valence-corrected chi connectivity index (χ2v) is 6.55. The minimum Gasteiger partial charge on any atom is -0.372 e. The maximum atomic E-state index is 12.6. The highest BCUT2D eigenvalue weighted by Crippen LogP contribution is 2.22. The average Bonchev–Trinajstić information content (AvgIpc) is 3.06. The van der Waals surface area contributed by atoms with Crippen LogP contribution in [0.3, 0.4) is 0 Å². The third-order valence-electron chi connectivity index (χ3n) is 4.60. The van der Waals surface area contributed by atoms with Crippen molar-refractivity contribution in [2.45, 2.75) is 46.6 Å². The lowest BCUT2D eigenvalue weighted by Crippen LogP contribution is -2.44. The Hall–Kier alpha value is -2.04. The van der Waals surface area contributed by atoms with Gasteiger partial charge in [0.2, 0.25) is 11.8 Å². The van der Waals surface area contributed by atoms with E-state index in [4.69, 9.17) is 0 Å². The molecule has 0 aliphatic carbocycles. The molecule has 0 saturated carbocycles. The van der Waals surface area contributed by atoms with E-state index in [0.29, 0.717) is 6.54 Å². The van der Waals surface area contributed by atoms with E-state index < -0.39 is 0 Å². The van der Waals surface area contributed by atoms with Crippen molar-refractivity contribution in [2.24, 2.45) is 5.92 Å². The largest absolute Gasteiger partial charge is 0.372 e. The van der Waals surface area contributed by atoms with E-state index in [1.165, 1.54) is 0 Å². The molecule has 1 aromatic carbocycles. The molecule has 1 aliphatic rings. The Balaban J connectivity index is 2.02. The molecular formula is C19H29N3O2. The fourth-order valence-electron chi connectivity index (χ4n) is 3.20. The van der Waals surface area contributed by atoms with Crippen LogP contribution in [0.15, 0.2) is 24.3 Å². The molecule has 0 radical (unpaired) electrons. The van der Waals surface area contributed by atoms with Gasteiger partial charge in [-0.3, -0.25) is 9.59 Å². The highest BCUT2D eigenvalue weighted by Gasteiger charge is 2.34. The number of likely N-dealkylation sites (tertiary alicyclic amines) is 1. The van der Waals surface area contributed by atoms with Gasteiger partial charge in [0.05, 0.1) is 0 Å². The number of anilines is 2. The van der Waals surface area contributed by atoms with Crippen LogP contribution in [0.2, 0.25) is 0 Å². The van der Waals surface area contributed by atoms with Gasteiger partial charge in [-0.05, 0) is 51.0 Å². The first-order valence-corrected chi connectivity index (χ1v) is 8.94. The standard InChI is InChI=1S/C19H29N3O2/c1-5-21(6-2)16-11-9-15(10-12-16)20-18(23)17-8-7-13-22(17)19(24)14(3)4/h9-12,14,17H,5-8,13H2,1-4H3,(H,20,23). The van der Waals surface area contributed by atoms with E-state index in [1.54, 1.807) is 4.90 Å². The molecule has 1 saturated heterocycles. The van der Waals surface area contributed by atoms with Gasteiger partial charge >= 0.3 is 0 Å². The lowest BCUT2D eigenvalue weighted by Gasteiger charge is -2.26. The molecule has 2 amide bonds. The molecule has 5 nitrogen and oxygen atoms in total. The molecule has 1 fully saturated rings. The van der Waals surface area contributed by atoms with Crippen LogP contribution >= 0.6 is 0 Å². The molecule has 2 rings (SSSR count). The predicted molar refractivity (Wildman–Crippen MR) is 98.2 cm³/mol. The maximum Gasteiger partial charge on any atom is 0.247 e. The molecular weight excluding hydrogens is 302 g/mol. The Bertz CT molecular complexity index is 564. The second-order valence-electron chi connectivity index (χ2n) is 6.55. The Morgan fingerprint density at radius 3 is 2.38 bits per heavy atom. The lowest BCUT2D eigenvalue weighted by atomic mass is 10.1. The van der Waals surface area contributed by atoms with Crippen LogP contribution in [0.1, 0.15) is 40.5 Å². The van der Waals surface area contributed by atoms with Crippen molar-refractivity contribution >= 4 is 23.2 Å². The number of benzene rings is 1. The summed E-state index contributed by atoms with van der Waals surface area (Å²) in [5.41, 5.74) is 1.93. The van der Waals surface area contributed by atoms with E-state index in [-0.39, 0.29) is 23.8 Å². The van der Waals surface area contributed by atoms with Crippen LogP contribution in [0, 0.1) is 5.92 Å². The first-order chi connectivity index (χ1) is 11.5. The topological polar surface area (TPSA) is 52.7 Å². The molecule has 0 aromatic heterocycles. The average molecular weight is 331 g/mol. The van der Waals surface area contributed by atoms with Crippen LogP contribution in [0.4, 0.5) is 11.4 Å². The molecule has 1 unspecified atom stereocenters. The van der Waals surface area contributed by atoms with Gasteiger partial charge < -0.3 is 15.1 Å². The zero-order chi connectivity index (χ0) is 17.7. The second kappa shape index (κ2) is 8.18. The van der Waals surface area contributed by atoms with Gasteiger partial charge in [-0.15, -0.1) is 0 Å². The smallest absolute Gasteiger partial charge is 0.247 e. The monoisotopic (exact) mass is 331 g/mol.